The topological polar surface area (TPSA) is 47.5 Å². The van der Waals surface area contributed by atoms with Crippen LogP contribution >= 0.6 is 0 Å². The van der Waals surface area contributed by atoms with Gasteiger partial charge in [0.15, 0.2) is 0 Å². The fraction of sp³-hybridized carbons (Fsp3) is 0.852. The van der Waals surface area contributed by atoms with Gasteiger partial charge < -0.3 is 15.1 Å². The van der Waals surface area contributed by atoms with Crippen molar-refractivity contribution in [3.05, 3.63) is 12.3 Å². The lowest BCUT2D eigenvalue weighted by Crippen LogP contribution is -2.45. The molecule has 6 heteroatoms. The van der Waals surface area contributed by atoms with Crippen LogP contribution in [-0.4, -0.2) is 77.2 Å². The predicted molar refractivity (Wildman–Crippen MR) is 137 cm³/mol. The van der Waals surface area contributed by atoms with Gasteiger partial charge >= 0.3 is 0 Å². The molecule has 0 radical (unpaired) electrons. The highest BCUT2D eigenvalue weighted by Crippen LogP contribution is 2.33. The Labute approximate surface area is 201 Å². The Morgan fingerprint density at radius 2 is 1.55 bits per heavy atom. The number of anilines is 2. The molecule has 1 aromatic rings. The zero-order valence-corrected chi connectivity index (χ0v) is 20.8. The molecule has 0 amide bonds. The summed E-state index contributed by atoms with van der Waals surface area (Å²) < 4.78 is 0. The van der Waals surface area contributed by atoms with Gasteiger partial charge in [0.2, 0.25) is 5.95 Å². The molecule has 0 aromatic carbocycles. The van der Waals surface area contributed by atoms with Crippen LogP contribution in [0.25, 0.3) is 0 Å². The first kappa shape index (κ1) is 23.3. The third kappa shape index (κ3) is 6.19. The number of nitrogens with one attached hydrogen (secondary N) is 1. The van der Waals surface area contributed by atoms with Gasteiger partial charge in [-0.3, -0.25) is 4.90 Å². The van der Waals surface area contributed by atoms with Gasteiger partial charge in [-0.1, -0.05) is 32.1 Å². The highest BCUT2D eigenvalue weighted by Gasteiger charge is 2.38. The zero-order valence-electron chi connectivity index (χ0n) is 20.8. The van der Waals surface area contributed by atoms with Gasteiger partial charge in [-0.25, -0.2) is 4.98 Å². The average molecular weight is 455 g/mol. The van der Waals surface area contributed by atoms with Crippen LogP contribution in [0.3, 0.4) is 0 Å². The van der Waals surface area contributed by atoms with Crippen molar-refractivity contribution in [1.29, 1.82) is 0 Å². The molecule has 2 atom stereocenters. The van der Waals surface area contributed by atoms with Crippen LogP contribution in [0.15, 0.2) is 12.3 Å². The van der Waals surface area contributed by atoms with Crippen molar-refractivity contribution >= 4 is 11.8 Å². The number of aromatic nitrogens is 2. The van der Waals surface area contributed by atoms with E-state index in [1.54, 1.807) is 0 Å². The molecule has 1 saturated carbocycles. The minimum atomic E-state index is 0.477. The van der Waals surface area contributed by atoms with Crippen LogP contribution in [0.5, 0.6) is 0 Å². The van der Waals surface area contributed by atoms with Crippen molar-refractivity contribution < 1.29 is 0 Å². The quantitative estimate of drug-likeness (QED) is 0.602. The van der Waals surface area contributed by atoms with Gasteiger partial charge in [-0.05, 0) is 83.5 Å². The van der Waals surface area contributed by atoms with E-state index in [2.05, 4.69) is 31.1 Å². The summed E-state index contributed by atoms with van der Waals surface area (Å²) in [6.07, 6.45) is 20.9. The van der Waals surface area contributed by atoms with Crippen molar-refractivity contribution in [3.63, 3.8) is 0 Å². The molecule has 4 aliphatic rings. The maximum Gasteiger partial charge on any atom is 0.224 e. The van der Waals surface area contributed by atoms with Crippen molar-refractivity contribution in [2.45, 2.75) is 108 Å². The van der Waals surface area contributed by atoms with Crippen molar-refractivity contribution in [2.24, 2.45) is 0 Å². The third-order valence-corrected chi connectivity index (χ3v) is 8.69. The summed E-state index contributed by atoms with van der Waals surface area (Å²) in [7, 11) is 0. The normalized spacial score (nSPS) is 28.3. The Bertz CT molecular complexity index is 706. The van der Waals surface area contributed by atoms with E-state index in [0.717, 1.165) is 30.9 Å². The second-order valence-electron chi connectivity index (χ2n) is 11.0. The standard InChI is InChI=1S/C27H46N6/c1-2-7-21-32(20-6-1)26-14-16-28-27(30-26)29-24-15-22-33(23-11-4-3-5-12-23)25(24)13-10-19-31-17-8-9-18-31/h14,16,23-25H,1-13,15,17-22H2,(H,28,29,30). The van der Waals surface area contributed by atoms with Crippen LogP contribution < -0.4 is 10.2 Å². The monoisotopic (exact) mass is 454 g/mol. The lowest BCUT2D eigenvalue weighted by molar-refractivity contribution is 0.130. The molecule has 1 aliphatic carbocycles. The van der Waals surface area contributed by atoms with Crippen molar-refractivity contribution in [2.75, 3.05) is 49.5 Å². The van der Waals surface area contributed by atoms with Gasteiger partial charge in [-0.2, -0.15) is 4.98 Å². The summed E-state index contributed by atoms with van der Waals surface area (Å²) in [6.45, 7) is 7.42. The Balaban J connectivity index is 1.24. The average Bonchev–Trinajstić information content (AvgIpc) is 3.42. The smallest absolute Gasteiger partial charge is 0.224 e. The van der Waals surface area contributed by atoms with Gasteiger partial charge in [0.1, 0.15) is 5.82 Å². The molecule has 6 nitrogen and oxygen atoms in total. The van der Waals surface area contributed by atoms with Gasteiger partial charge in [0.05, 0.1) is 0 Å². The van der Waals surface area contributed by atoms with Crippen molar-refractivity contribution in [1.82, 2.24) is 19.8 Å². The van der Waals surface area contributed by atoms with Crippen LogP contribution in [0.1, 0.15) is 89.9 Å². The molecule has 184 valence electrons. The number of likely N-dealkylation sites (tertiary alicyclic amines) is 2. The Kier molecular flexibility index (Phi) is 8.37. The maximum atomic E-state index is 4.99. The van der Waals surface area contributed by atoms with Crippen LogP contribution in [0.2, 0.25) is 0 Å². The number of nitrogens with zero attached hydrogens (tertiary/aromatic N) is 5. The second-order valence-corrected chi connectivity index (χ2v) is 11.0. The lowest BCUT2D eigenvalue weighted by atomic mass is 9.92. The molecular weight excluding hydrogens is 408 g/mol. The number of hydrogen-bond acceptors (Lipinski definition) is 6. The SMILES string of the molecule is c1cc(N2CCCCCC2)nc(NC2CCN(C3CCCCC3)C2CCCN2CCCC2)n1. The Morgan fingerprint density at radius 3 is 2.33 bits per heavy atom. The first-order valence-corrected chi connectivity index (χ1v) is 14.2. The van der Waals surface area contributed by atoms with Crippen LogP contribution in [0.4, 0.5) is 11.8 Å². The molecule has 0 bridgehead atoms. The fourth-order valence-corrected chi connectivity index (χ4v) is 6.87. The Morgan fingerprint density at radius 1 is 0.818 bits per heavy atom. The number of rotatable bonds is 8. The van der Waals surface area contributed by atoms with E-state index < -0.39 is 0 Å². The number of hydrogen-bond donors (Lipinski definition) is 1. The molecule has 5 rings (SSSR count). The summed E-state index contributed by atoms with van der Waals surface area (Å²) >= 11 is 0. The van der Waals surface area contributed by atoms with Gasteiger partial charge in [0.25, 0.3) is 0 Å². The molecule has 1 aromatic heterocycles. The molecule has 4 fully saturated rings. The van der Waals surface area contributed by atoms with Gasteiger partial charge in [-0.15, -0.1) is 0 Å². The lowest BCUT2D eigenvalue weighted by Gasteiger charge is -2.37. The van der Waals surface area contributed by atoms with Crippen LogP contribution in [0, 0.1) is 0 Å². The van der Waals surface area contributed by atoms with E-state index in [-0.39, 0.29) is 0 Å². The maximum absolute atomic E-state index is 4.99. The van der Waals surface area contributed by atoms with Crippen molar-refractivity contribution in [3.8, 4) is 0 Å². The minimum absolute atomic E-state index is 0.477. The Hall–Kier alpha value is -1.40. The van der Waals surface area contributed by atoms with E-state index in [1.807, 2.05) is 6.20 Å². The molecule has 3 saturated heterocycles. The summed E-state index contributed by atoms with van der Waals surface area (Å²) in [4.78, 5) is 17.7. The van der Waals surface area contributed by atoms with E-state index in [0.29, 0.717) is 12.1 Å². The van der Waals surface area contributed by atoms with E-state index in [1.165, 1.54) is 116 Å². The summed E-state index contributed by atoms with van der Waals surface area (Å²) in [5.74, 6) is 1.96. The molecule has 1 N–H and O–H groups in total. The fourth-order valence-electron chi connectivity index (χ4n) is 6.87. The second kappa shape index (κ2) is 11.8. The summed E-state index contributed by atoms with van der Waals surface area (Å²) in [5, 5.41) is 3.83. The van der Waals surface area contributed by atoms with E-state index in [9.17, 15) is 0 Å². The molecular formula is C27H46N6. The minimum Gasteiger partial charge on any atom is -0.356 e. The van der Waals surface area contributed by atoms with E-state index in [4.69, 9.17) is 4.98 Å². The van der Waals surface area contributed by atoms with Crippen LogP contribution in [-0.2, 0) is 0 Å². The first-order chi connectivity index (χ1) is 16.4. The molecule has 2 unspecified atom stereocenters. The highest BCUT2D eigenvalue weighted by molar-refractivity contribution is 5.43. The third-order valence-electron chi connectivity index (χ3n) is 8.69. The van der Waals surface area contributed by atoms with E-state index >= 15 is 0 Å². The summed E-state index contributed by atoms with van der Waals surface area (Å²) in [6, 6.07) is 4.00. The predicted octanol–water partition coefficient (Wildman–Crippen LogP) is 4.92. The molecule has 33 heavy (non-hydrogen) atoms. The first-order valence-electron chi connectivity index (χ1n) is 14.2. The molecule has 4 heterocycles. The highest BCUT2D eigenvalue weighted by atomic mass is 15.3. The molecule has 3 aliphatic heterocycles. The molecule has 0 spiro atoms. The zero-order chi connectivity index (χ0) is 22.3. The van der Waals surface area contributed by atoms with Gasteiger partial charge in [0, 0.05) is 44.0 Å². The largest absolute Gasteiger partial charge is 0.356 e. The summed E-state index contributed by atoms with van der Waals surface area (Å²) in [5.41, 5.74) is 0.